The van der Waals surface area contributed by atoms with E-state index in [2.05, 4.69) is 32.2 Å². The first-order valence-corrected chi connectivity index (χ1v) is 13.0. The van der Waals surface area contributed by atoms with Gasteiger partial charge in [-0.2, -0.15) is 9.97 Å². The number of amides is 1. The molecule has 4 heterocycles. The molecule has 10 nitrogen and oxygen atoms in total. The number of nitrogens with one attached hydrogen (secondary N) is 1. The molecule has 0 aliphatic carbocycles. The summed E-state index contributed by atoms with van der Waals surface area (Å²) in [6.07, 6.45) is -0.963. The number of likely N-dealkylation sites (N-methyl/N-ethyl adjacent to an activating group) is 1. The minimum Gasteiger partial charge on any atom is -0.378 e. The van der Waals surface area contributed by atoms with Gasteiger partial charge in [-0.1, -0.05) is 12.1 Å². The van der Waals surface area contributed by atoms with E-state index in [9.17, 15) is 13.6 Å². The normalized spacial score (nSPS) is 18.2. The van der Waals surface area contributed by atoms with Crippen molar-refractivity contribution in [2.24, 2.45) is 0 Å². The first kappa shape index (κ1) is 26.2. The number of carbonyl (C=O) groups excluding carboxylic acids is 1. The van der Waals surface area contributed by atoms with Crippen LogP contribution in [0.5, 0.6) is 0 Å². The van der Waals surface area contributed by atoms with Crippen molar-refractivity contribution in [2.45, 2.75) is 38.3 Å². The number of para-hydroxylation sites is 2. The van der Waals surface area contributed by atoms with Gasteiger partial charge in [-0.05, 0) is 52.0 Å². The smallest absolute Gasteiger partial charge is 0.296 e. The summed E-state index contributed by atoms with van der Waals surface area (Å²) in [5, 5.41) is 3.15. The quantitative estimate of drug-likeness (QED) is 0.501. The van der Waals surface area contributed by atoms with E-state index >= 15 is 0 Å². The van der Waals surface area contributed by atoms with Gasteiger partial charge in [0.1, 0.15) is 17.7 Å². The molecule has 0 bridgehead atoms. The number of piperidine rings is 1. The second kappa shape index (κ2) is 11.2. The average molecular weight is 529 g/mol. The summed E-state index contributed by atoms with van der Waals surface area (Å²) in [4.78, 5) is 32.8. The second-order valence-corrected chi connectivity index (χ2v) is 9.95. The zero-order chi connectivity index (χ0) is 26.8. The summed E-state index contributed by atoms with van der Waals surface area (Å²) in [5.41, 5.74) is 0.971. The standard InChI is InChI=1S/C26H34F2N8O2/c1-17(25(37)34(3)18-8-10-33(2)11-9-18)29-26-31-21(35-12-14-38-15-13-35)16-22(32-26)36-20-7-5-4-6-19(20)30-24(36)23(27)28/h4-7,16-18,23H,8-15H2,1-3H3,(H,29,31,32)/t17-/m0/s1. The molecule has 38 heavy (non-hydrogen) atoms. The minimum atomic E-state index is -2.80. The maximum absolute atomic E-state index is 14.1. The maximum Gasteiger partial charge on any atom is 0.296 e. The number of rotatable bonds is 7. The van der Waals surface area contributed by atoms with Gasteiger partial charge in [0.25, 0.3) is 6.43 Å². The van der Waals surface area contributed by atoms with Crippen molar-refractivity contribution in [1.29, 1.82) is 0 Å². The highest BCUT2D eigenvalue weighted by Gasteiger charge is 2.28. The Kier molecular flexibility index (Phi) is 7.70. The van der Waals surface area contributed by atoms with E-state index in [0.29, 0.717) is 43.2 Å². The predicted octanol–water partition coefficient (Wildman–Crippen LogP) is 2.94. The van der Waals surface area contributed by atoms with E-state index in [1.165, 1.54) is 4.57 Å². The number of aromatic nitrogens is 4. The Bertz CT molecular complexity index is 1270. The van der Waals surface area contributed by atoms with Gasteiger partial charge < -0.3 is 24.8 Å². The molecule has 3 aromatic rings. The SMILES string of the molecule is C[C@H](Nc1nc(N2CCOCC2)cc(-n2c(C(F)F)nc3ccccc32)n1)C(=O)N(C)C1CCN(C)CC1. The van der Waals surface area contributed by atoms with Crippen LogP contribution in [0.25, 0.3) is 16.9 Å². The van der Waals surface area contributed by atoms with Crippen molar-refractivity contribution in [3.8, 4) is 5.82 Å². The molecule has 12 heteroatoms. The van der Waals surface area contributed by atoms with Gasteiger partial charge >= 0.3 is 0 Å². The topological polar surface area (TPSA) is 91.6 Å². The molecule has 1 atom stereocenters. The van der Waals surface area contributed by atoms with Gasteiger partial charge in [0, 0.05) is 32.2 Å². The summed E-state index contributed by atoms with van der Waals surface area (Å²) >= 11 is 0. The van der Waals surface area contributed by atoms with Crippen molar-refractivity contribution >= 4 is 28.7 Å². The Labute approximate surface area is 220 Å². The molecule has 0 radical (unpaired) electrons. The molecule has 1 amide bonds. The third kappa shape index (κ3) is 5.41. The van der Waals surface area contributed by atoms with Gasteiger partial charge in [0.2, 0.25) is 11.9 Å². The Hall–Kier alpha value is -3.38. The number of imidazole rings is 1. The van der Waals surface area contributed by atoms with E-state index in [4.69, 9.17) is 4.74 Å². The number of benzene rings is 1. The Morgan fingerprint density at radius 3 is 2.47 bits per heavy atom. The van der Waals surface area contributed by atoms with Crippen molar-refractivity contribution in [1.82, 2.24) is 29.3 Å². The molecule has 2 saturated heterocycles. The summed E-state index contributed by atoms with van der Waals surface area (Å²) in [6.45, 7) is 5.96. The largest absolute Gasteiger partial charge is 0.378 e. The molecule has 2 aliphatic rings. The van der Waals surface area contributed by atoms with Crippen molar-refractivity contribution in [3.05, 3.63) is 36.2 Å². The lowest BCUT2D eigenvalue weighted by Crippen LogP contribution is -2.48. The zero-order valence-electron chi connectivity index (χ0n) is 22.0. The van der Waals surface area contributed by atoms with E-state index < -0.39 is 18.3 Å². The third-order valence-electron chi connectivity index (χ3n) is 7.34. The molecular formula is C26H34F2N8O2. The number of anilines is 2. The molecule has 1 N–H and O–H groups in total. The summed E-state index contributed by atoms with van der Waals surface area (Å²) in [6, 6.07) is 8.22. The van der Waals surface area contributed by atoms with Gasteiger partial charge in [-0.3, -0.25) is 9.36 Å². The number of hydrogen-bond donors (Lipinski definition) is 1. The number of likely N-dealkylation sites (tertiary alicyclic amines) is 1. The number of fused-ring (bicyclic) bond motifs is 1. The highest BCUT2D eigenvalue weighted by molar-refractivity contribution is 5.84. The Balaban J connectivity index is 1.48. The highest BCUT2D eigenvalue weighted by Crippen LogP contribution is 2.29. The van der Waals surface area contributed by atoms with Crippen LogP contribution >= 0.6 is 0 Å². The van der Waals surface area contributed by atoms with Crippen LogP contribution in [0.1, 0.15) is 32.0 Å². The maximum atomic E-state index is 14.1. The van der Waals surface area contributed by atoms with Crippen LogP contribution in [0.15, 0.2) is 30.3 Å². The minimum absolute atomic E-state index is 0.0668. The van der Waals surface area contributed by atoms with Gasteiger partial charge in [0.05, 0.1) is 24.2 Å². The van der Waals surface area contributed by atoms with E-state index in [1.807, 2.05) is 11.9 Å². The first-order chi connectivity index (χ1) is 18.3. The number of hydrogen-bond acceptors (Lipinski definition) is 8. The Morgan fingerprint density at radius 1 is 1.08 bits per heavy atom. The summed E-state index contributed by atoms with van der Waals surface area (Å²) in [7, 11) is 3.92. The monoisotopic (exact) mass is 528 g/mol. The molecule has 2 aromatic heterocycles. The molecule has 0 saturated carbocycles. The molecular weight excluding hydrogens is 494 g/mol. The summed E-state index contributed by atoms with van der Waals surface area (Å²) < 4.78 is 35.0. The second-order valence-electron chi connectivity index (χ2n) is 9.95. The fourth-order valence-electron chi connectivity index (χ4n) is 5.11. The molecule has 1 aromatic carbocycles. The first-order valence-electron chi connectivity index (χ1n) is 13.0. The van der Waals surface area contributed by atoms with Gasteiger partial charge in [0.15, 0.2) is 5.82 Å². The number of halogens is 2. The lowest BCUT2D eigenvalue weighted by molar-refractivity contribution is -0.133. The molecule has 0 spiro atoms. The van der Waals surface area contributed by atoms with E-state index in [0.717, 1.165) is 25.9 Å². The molecule has 2 aliphatic heterocycles. The van der Waals surface area contributed by atoms with Crippen LogP contribution in [-0.2, 0) is 9.53 Å². The average Bonchev–Trinajstić information content (AvgIpc) is 3.33. The van der Waals surface area contributed by atoms with Gasteiger partial charge in [-0.15, -0.1) is 0 Å². The van der Waals surface area contributed by atoms with Crippen LogP contribution in [0, 0.1) is 0 Å². The van der Waals surface area contributed by atoms with Gasteiger partial charge in [-0.25, -0.2) is 13.8 Å². The van der Waals surface area contributed by atoms with Crippen molar-refractivity contribution < 1.29 is 18.3 Å². The number of ether oxygens (including phenoxy) is 1. The van der Waals surface area contributed by atoms with E-state index in [1.54, 1.807) is 42.2 Å². The number of morpholine rings is 1. The zero-order valence-corrected chi connectivity index (χ0v) is 22.0. The van der Waals surface area contributed by atoms with Crippen LogP contribution in [-0.4, -0.2) is 101 Å². The number of nitrogens with zero attached hydrogens (tertiary/aromatic N) is 7. The predicted molar refractivity (Wildman–Crippen MR) is 141 cm³/mol. The highest BCUT2D eigenvalue weighted by atomic mass is 19.3. The molecule has 2 fully saturated rings. The summed E-state index contributed by atoms with van der Waals surface area (Å²) in [5.74, 6) is 0.566. The molecule has 5 rings (SSSR count). The lowest BCUT2D eigenvalue weighted by Gasteiger charge is -2.36. The molecule has 204 valence electrons. The van der Waals surface area contributed by atoms with Crippen LogP contribution in [0.2, 0.25) is 0 Å². The number of carbonyl (C=O) groups is 1. The van der Waals surface area contributed by atoms with E-state index in [-0.39, 0.29) is 23.7 Å². The van der Waals surface area contributed by atoms with Crippen LogP contribution in [0.4, 0.5) is 20.5 Å². The van der Waals surface area contributed by atoms with Crippen molar-refractivity contribution in [2.75, 3.05) is 63.7 Å². The number of alkyl halides is 2. The van der Waals surface area contributed by atoms with Crippen LogP contribution < -0.4 is 10.2 Å². The lowest BCUT2D eigenvalue weighted by atomic mass is 10.0. The fraction of sp³-hybridized carbons (Fsp3) is 0.538. The Morgan fingerprint density at radius 2 is 1.76 bits per heavy atom. The molecule has 0 unspecified atom stereocenters. The fourth-order valence-corrected chi connectivity index (χ4v) is 5.11. The van der Waals surface area contributed by atoms with Crippen molar-refractivity contribution in [3.63, 3.8) is 0 Å². The third-order valence-corrected chi connectivity index (χ3v) is 7.34. The van der Waals surface area contributed by atoms with Crippen LogP contribution in [0.3, 0.4) is 0 Å².